The highest BCUT2D eigenvalue weighted by atomic mass is 16.8. The van der Waals surface area contributed by atoms with Crippen LogP contribution in [0.5, 0.6) is 0 Å². The van der Waals surface area contributed by atoms with Crippen LogP contribution < -0.4 is 5.32 Å². The van der Waals surface area contributed by atoms with Gasteiger partial charge in [0.1, 0.15) is 73.2 Å². The van der Waals surface area contributed by atoms with E-state index in [1.54, 1.807) is 6.08 Å². The molecule has 3 saturated heterocycles. The molecule has 3 fully saturated rings. The number of unbranched alkanes of at least 4 members (excludes halogenated alkanes) is 39. The van der Waals surface area contributed by atoms with Crippen molar-refractivity contribution in [3.63, 3.8) is 0 Å². The molecule has 0 radical (unpaired) electrons. The average molecular weight is 1530 g/mol. The minimum absolute atomic E-state index is 0.235. The van der Waals surface area contributed by atoms with E-state index >= 15 is 0 Å². The molecule has 19 nitrogen and oxygen atoms in total. The molecule has 626 valence electrons. The standard InChI is InChI=1S/C89H157NO18/c1-3-5-7-9-11-13-15-17-19-21-23-25-27-28-29-30-31-32-33-34-35-36-37-38-39-40-41-42-43-44-45-47-49-51-53-55-57-59-61-63-65-67-77(95)90-72(73(94)66-64-62-60-58-56-54-52-50-48-46-26-24-22-20-18-16-14-12-10-8-6-4-2)71-103-87-83(101)80(98)85(75(69-92)105-87)108-89-84(102)81(99)86(76(70-93)106-89)107-88-82(100)79(97)78(96)74(68-91)104-88/h5,7,11,13,17,19,23,25,28-29,31-32,56,58,64,66,72-76,78-89,91-94,96-102H,3-4,6,8-10,12,14-16,18,20-22,24,26-27,30,33-55,57,59-63,65,67-71H2,1-2H3,(H,90,95)/b7-5-,13-11-,19-17-,25-23-,29-28-,32-31-,58-56+,66-64+. The molecule has 0 spiro atoms. The van der Waals surface area contributed by atoms with Crippen molar-refractivity contribution in [1.82, 2.24) is 5.32 Å². The average Bonchev–Trinajstić information content (AvgIpc) is 0.787. The molecule has 0 aliphatic carbocycles. The molecule has 0 aromatic rings. The van der Waals surface area contributed by atoms with Gasteiger partial charge in [-0.3, -0.25) is 4.79 Å². The van der Waals surface area contributed by atoms with Crippen molar-refractivity contribution in [2.45, 2.75) is 433 Å². The summed E-state index contributed by atoms with van der Waals surface area (Å²) < 4.78 is 34.5. The fourth-order valence-electron chi connectivity index (χ4n) is 14.2. The van der Waals surface area contributed by atoms with Crippen molar-refractivity contribution in [2.24, 2.45) is 0 Å². The number of hydrogen-bond acceptors (Lipinski definition) is 18. The number of allylic oxidation sites excluding steroid dienone is 15. The summed E-state index contributed by atoms with van der Waals surface area (Å²) in [6.45, 7) is 1.64. The molecular weight excluding hydrogens is 1370 g/mol. The van der Waals surface area contributed by atoms with E-state index in [0.717, 1.165) is 77.0 Å². The van der Waals surface area contributed by atoms with Crippen LogP contribution in [0.2, 0.25) is 0 Å². The lowest BCUT2D eigenvalue weighted by atomic mass is 9.96. The lowest BCUT2D eigenvalue weighted by Crippen LogP contribution is -2.66. The van der Waals surface area contributed by atoms with E-state index in [2.05, 4.69) is 104 Å². The van der Waals surface area contributed by atoms with Gasteiger partial charge in [0.25, 0.3) is 0 Å². The molecule has 108 heavy (non-hydrogen) atoms. The topological polar surface area (TPSA) is 307 Å². The van der Waals surface area contributed by atoms with E-state index in [-0.39, 0.29) is 18.9 Å². The Morgan fingerprint density at radius 3 is 1.04 bits per heavy atom. The smallest absolute Gasteiger partial charge is 0.220 e. The van der Waals surface area contributed by atoms with Crippen molar-refractivity contribution in [1.29, 1.82) is 0 Å². The summed E-state index contributed by atoms with van der Waals surface area (Å²) in [5, 5.41) is 121. The van der Waals surface area contributed by atoms with Crippen molar-refractivity contribution >= 4 is 5.91 Å². The van der Waals surface area contributed by atoms with Crippen LogP contribution in [0.1, 0.15) is 328 Å². The third-order valence-corrected chi connectivity index (χ3v) is 21.1. The molecule has 12 N–H and O–H groups in total. The lowest BCUT2D eigenvalue weighted by Gasteiger charge is -2.48. The highest BCUT2D eigenvalue weighted by Crippen LogP contribution is 2.33. The molecular formula is C89H157NO18. The number of aliphatic hydroxyl groups excluding tert-OH is 11. The normalized spacial score (nSPS) is 25.9. The number of amides is 1. The van der Waals surface area contributed by atoms with E-state index < -0.39 is 124 Å². The lowest BCUT2D eigenvalue weighted by molar-refractivity contribution is -0.379. The first kappa shape index (κ1) is 98.9. The number of hydrogen-bond donors (Lipinski definition) is 12. The van der Waals surface area contributed by atoms with Crippen LogP contribution in [0, 0.1) is 0 Å². The van der Waals surface area contributed by atoms with E-state index in [1.165, 1.54) is 218 Å². The molecule has 3 aliphatic heterocycles. The maximum atomic E-state index is 13.5. The van der Waals surface area contributed by atoms with Crippen LogP contribution in [0.15, 0.2) is 97.2 Å². The first-order chi connectivity index (χ1) is 52.8. The summed E-state index contributed by atoms with van der Waals surface area (Å²) in [7, 11) is 0. The first-order valence-corrected chi connectivity index (χ1v) is 43.5. The fourth-order valence-corrected chi connectivity index (χ4v) is 14.2. The molecule has 0 aromatic heterocycles. The van der Waals surface area contributed by atoms with Gasteiger partial charge in [0.15, 0.2) is 18.9 Å². The number of nitrogens with one attached hydrogen (secondary N) is 1. The van der Waals surface area contributed by atoms with Crippen molar-refractivity contribution < 1.29 is 89.4 Å². The predicted octanol–water partition coefficient (Wildman–Crippen LogP) is 15.9. The second-order valence-corrected chi connectivity index (χ2v) is 30.6. The van der Waals surface area contributed by atoms with Gasteiger partial charge in [0.05, 0.1) is 38.6 Å². The number of carbonyl (C=O) groups is 1. The molecule has 19 heteroatoms. The Hall–Kier alpha value is -3.29. The monoisotopic (exact) mass is 1530 g/mol. The van der Waals surface area contributed by atoms with Gasteiger partial charge in [-0.05, 0) is 83.5 Å². The Balaban J connectivity index is 1.31. The number of aliphatic hydroxyl groups is 11. The molecule has 0 aromatic carbocycles. The molecule has 17 atom stereocenters. The second-order valence-electron chi connectivity index (χ2n) is 30.6. The molecule has 3 heterocycles. The van der Waals surface area contributed by atoms with Crippen LogP contribution in [-0.4, -0.2) is 193 Å². The maximum absolute atomic E-state index is 13.5. The second kappa shape index (κ2) is 68.1. The molecule has 17 unspecified atom stereocenters. The number of ether oxygens (including phenoxy) is 6. The van der Waals surface area contributed by atoms with Crippen LogP contribution in [-0.2, 0) is 33.2 Å². The minimum Gasteiger partial charge on any atom is -0.394 e. The van der Waals surface area contributed by atoms with E-state index in [0.29, 0.717) is 12.8 Å². The SMILES string of the molecule is CC/C=C\C/C=C\C/C=C\C/C=C\C/C=C\C/C=C\CCCCCCCCCCCCCCCCCCCCCCCCC(=O)NC(COC1OC(CO)C(OC2OC(CO)C(OC3OC(CO)C(O)C(O)C3O)C(O)C2O)C(O)C1O)C(O)/C=C/CC/C=C/CCCCCCCCCCCCCCCCCC. The molecule has 0 saturated carbocycles. The van der Waals surface area contributed by atoms with Gasteiger partial charge >= 0.3 is 0 Å². The third-order valence-electron chi connectivity index (χ3n) is 21.1. The first-order valence-electron chi connectivity index (χ1n) is 43.5. The zero-order valence-electron chi connectivity index (χ0n) is 67.3. The van der Waals surface area contributed by atoms with Gasteiger partial charge in [-0.1, -0.05) is 336 Å². The van der Waals surface area contributed by atoms with Gasteiger partial charge in [-0.2, -0.15) is 0 Å². The van der Waals surface area contributed by atoms with E-state index in [1.807, 2.05) is 6.08 Å². The minimum atomic E-state index is -1.98. The Morgan fingerprint density at radius 1 is 0.343 bits per heavy atom. The van der Waals surface area contributed by atoms with Crippen molar-refractivity contribution in [3.05, 3.63) is 97.2 Å². The Kier molecular flexibility index (Phi) is 62.4. The molecule has 1 amide bonds. The summed E-state index contributed by atoms with van der Waals surface area (Å²) in [6.07, 6.45) is 67.0. The quantitative estimate of drug-likeness (QED) is 0.0199. The van der Waals surface area contributed by atoms with Crippen molar-refractivity contribution in [2.75, 3.05) is 26.4 Å². The largest absolute Gasteiger partial charge is 0.394 e. The summed E-state index contributed by atoms with van der Waals surface area (Å²) in [5.41, 5.74) is 0. The van der Waals surface area contributed by atoms with Crippen LogP contribution in [0.25, 0.3) is 0 Å². The number of rotatable bonds is 69. The van der Waals surface area contributed by atoms with Gasteiger partial charge in [-0.25, -0.2) is 0 Å². The van der Waals surface area contributed by atoms with Crippen LogP contribution in [0.4, 0.5) is 0 Å². The van der Waals surface area contributed by atoms with Gasteiger partial charge in [0, 0.05) is 6.42 Å². The third kappa shape index (κ3) is 46.8. The highest BCUT2D eigenvalue weighted by Gasteiger charge is 2.54. The Labute approximate surface area is 653 Å². The zero-order valence-corrected chi connectivity index (χ0v) is 67.3. The summed E-state index contributed by atoms with van der Waals surface area (Å²) in [6, 6.07) is -0.994. The van der Waals surface area contributed by atoms with Gasteiger partial charge in [-0.15, -0.1) is 0 Å². The maximum Gasteiger partial charge on any atom is 0.220 e. The zero-order chi connectivity index (χ0) is 78.1. The fraction of sp³-hybridized carbons (Fsp3) is 0.809. The molecule has 0 bridgehead atoms. The van der Waals surface area contributed by atoms with Crippen LogP contribution in [0.3, 0.4) is 0 Å². The van der Waals surface area contributed by atoms with E-state index in [4.69, 9.17) is 28.4 Å². The number of carbonyl (C=O) groups excluding carboxylic acids is 1. The van der Waals surface area contributed by atoms with Gasteiger partial charge in [0.2, 0.25) is 5.91 Å². The summed E-state index contributed by atoms with van der Waals surface area (Å²) in [4.78, 5) is 13.5. The predicted molar refractivity (Wildman–Crippen MR) is 434 cm³/mol. The Morgan fingerprint density at radius 2 is 0.648 bits per heavy atom. The highest BCUT2D eigenvalue weighted by molar-refractivity contribution is 5.76. The summed E-state index contributed by atoms with van der Waals surface area (Å²) >= 11 is 0. The van der Waals surface area contributed by atoms with Crippen LogP contribution >= 0.6 is 0 Å². The van der Waals surface area contributed by atoms with E-state index in [9.17, 15) is 61.0 Å². The van der Waals surface area contributed by atoms with Gasteiger partial charge < -0.3 is 89.9 Å². The van der Waals surface area contributed by atoms with Crippen molar-refractivity contribution in [3.8, 4) is 0 Å². The summed E-state index contributed by atoms with van der Waals surface area (Å²) in [5.74, 6) is -0.282. The molecule has 3 rings (SSSR count). The molecule has 3 aliphatic rings. The Bertz CT molecular complexity index is 2330.